The summed E-state index contributed by atoms with van der Waals surface area (Å²) >= 11 is 0. The molecule has 46 heavy (non-hydrogen) atoms. The Balaban J connectivity index is 1.33. The molecule has 3 aliphatic carbocycles. The highest BCUT2D eigenvalue weighted by atomic mass is 16.4. The lowest BCUT2D eigenvalue weighted by Gasteiger charge is -2.52. The molecule has 12 nitrogen and oxygen atoms in total. The second-order valence-electron chi connectivity index (χ2n) is 12.0. The molecule has 2 unspecified atom stereocenters. The van der Waals surface area contributed by atoms with E-state index in [4.69, 9.17) is 5.73 Å². The lowest BCUT2D eigenvalue weighted by molar-refractivity contribution is -0.179. The van der Waals surface area contributed by atoms with E-state index in [1.165, 1.54) is 36.4 Å². The summed E-state index contributed by atoms with van der Waals surface area (Å²) in [5, 5.41) is 58.4. The molecule has 0 radical (unpaired) electrons. The highest BCUT2D eigenvalue weighted by Crippen LogP contribution is 2.55. The maximum atomic E-state index is 13.9. The topological polar surface area (TPSA) is 225 Å². The van der Waals surface area contributed by atoms with Crippen molar-refractivity contribution in [3.63, 3.8) is 0 Å². The van der Waals surface area contributed by atoms with E-state index >= 15 is 0 Å². The first kappa shape index (κ1) is 30.8. The van der Waals surface area contributed by atoms with E-state index in [2.05, 4.69) is 5.32 Å². The largest absolute Gasteiger partial charge is 0.508 e. The summed E-state index contributed by atoms with van der Waals surface area (Å²) in [4.78, 5) is 64.9. The van der Waals surface area contributed by atoms with Crippen molar-refractivity contribution in [1.29, 1.82) is 0 Å². The van der Waals surface area contributed by atoms with Gasteiger partial charge in [-0.1, -0.05) is 55.5 Å². The Labute approximate surface area is 261 Å². The summed E-state index contributed by atoms with van der Waals surface area (Å²) in [6.07, 6.45) is -3.71. The van der Waals surface area contributed by atoms with Crippen LogP contribution in [0.15, 0.2) is 78.1 Å². The normalized spacial score (nSPS) is 28.5. The van der Waals surface area contributed by atoms with E-state index < -0.39 is 88.4 Å². The molecule has 0 spiro atoms. The van der Waals surface area contributed by atoms with Crippen LogP contribution in [-0.2, 0) is 9.59 Å². The lowest BCUT2D eigenvalue weighted by atomic mass is 9.54. The average Bonchev–Trinajstić information content (AvgIpc) is 3.04. The van der Waals surface area contributed by atoms with Crippen molar-refractivity contribution in [1.82, 2.24) is 0 Å². The molecule has 1 saturated carbocycles. The van der Waals surface area contributed by atoms with Crippen molar-refractivity contribution in [2.45, 2.75) is 37.1 Å². The lowest BCUT2D eigenvalue weighted by Crippen LogP contribution is -2.67. The van der Waals surface area contributed by atoms with Gasteiger partial charge in [0.25, 0.3) is 5.91 Å². The number of anilines is 1. The van der Waals surface area contributed by atoms with Gasteiger partial charge in [-0.2, -0.15) is 0 Å². The Kier molecular flexibility index (Phi) is 7.39. The number of carbonyl (C=O) groups is 5. The van der Waals surface area contributed by atoms with Crippen LogP contribution in [0.2, 0.25) is 0 Å². The van der Waals surface area contributed by atoms with Crippen molar-refractivity contribution < 1.29 is 49.5 Å². The number of aliphatic hydroxyl groups is 4. The number of amides is 2. The summed E-state index contributed by atoms with van der Waals surface area (Å²) in [6.45, 7) is 1.61. The number of hydrogen-bond donors (Lipinski definition) is 7. The number of aromatic hydroxyl groups is 1. The fourth-order valence-electron chi connectivity index (χ4n) is 7.13. The number of rotatable bonds is 5. The first-order chi connectivity index (χ1) is 21.8. The van der Waals surface area contributed by atoms with E-state index in [1.54, 1.807) is 37.3 Å². The molecule has 0 heterocycles. The molecule has 236 valence electrons. The second-order valence-corrected chi connectivity index (χ2v) is 12.0. The third-order valence-corrected chi connectivity index (χ3v) is 9.52. The predicted molar refractivity (Wildman–Crippen MR) is 161 cm³/mol. The Morgan fingerprint density at radius 2 is 1.50 bits per heavy atom. The summed E-state index contributed by atoms with van der Waals surface area (Å²) < 4.78 is 0. The molecule has 7 atom stereocenters. The van der Waals surface area contributed by atoms with Crippen molar-refractivity contribution in [3.05, 3.63) is 106 Å². The number of fused-ring (bicyclic) bond motifs is 3. The number of nitrogens with one attached hydrogen (secondary N) is 1. The van der Waals surface area contributed by atoms with Crippen LogP contribution in [-0.4, -0.2) is 72.5 Å². The number of aliphatic hydroxyl groups excluding tert-OH is 3. The Morgan fingerprint density at radius 3 is 2.13 bits per heavy atom. The van der Waals surface area contributed by atoms with Gasteiger partial charge in [-0.3, -0.25) is 24.0 Å². The molecule has 3 aromatic rings. The SMILES string of the molecule is C[C@H]1c2ccc(NC(=O)c3ccc(C(=O)c4ccccc4)cc3)c(O)c2C(=O)C2=C(O)[C@]3(O)C(=O)C(C(N)=O)C(O)C[C@@H]3[C@@H](O)[C@@H]21. The zero-order chi connectivity index (χ0) is 33.2. The Bertz CT molecular complexity index is 1850. The van der Waals surface area contributed by atoms with Gasteiger partial charge in [-0.25, -0.2) is 0 Å². The first-order valence-electron chi connectivity index (χ1n) is 14.6. The van der Waals surface area contributed by atoms with E-state index in [-0.39, 0.29) is 28.2 Å². The van der Waals surface area contributed by atoms with Crippen LogP contribution in [0.1, 0.15) is 61.5 Å². The summed E-state index contributed by atoms with van der Waals surface area (Å²) in [6, 6.07) is 17.3. The average molecular weight is 627 g/mol. The Hall–Kier alpha value is -5.17. The third kappa shape index (κ3) is 4.44. The molecule has 1 fully saturated rings. The van der Waals surface area contributed by atoms with Crippen LogP contribution in [0.4, 0.5) is 5.69 Å². The maximum absolute atomic E-state index is 13.9. The molecule has 0 aromatic heterocycles. The Morgan fingerprint density at radius 1 is 0.891 bits per heavy atom. The van der Waals surface area contributed by atoms with Gasteiger partial charge < -0.3 is 36.6 Å². The molecular weight excluding hydrogens is 596 g/mol. The van der Waals surface area contributed by atoms with Crippen molar-refractivity contribution in [2.75, 3.05) is 5.32 Å². The fraction of sp³-hybridized carbons (Fsp3) is 0.265. The van der Waals surface area contributed by atoms with Crippen LogP contribution in [0.5, 0.6) is 5.75 Å². The smallest absolute Gasteiger partial charge is 0.255 e. The number of primary amides is 1. The molecule has 2 amide bonds. The highest BCUT2D eigenvalue weighted by Gasteiger charge is 2.66. The predicted octanol–water partition coefficient (Wildman–Crippen LogP) is 1.76. The minimum atomic E-state index is -2.90. The second kappa shape index (κ2) is 11.0. The maximum Gasteiger partial charge on any atom is 0.255 e. The summed E-state index contributed by atoms with van der Waals surface area (Å²) in [5.41, 5.74) is 2.61. The van der Waals surface area contributed by atoms with Gasteiger partial charge in [0.15, 0.2) is 28.7 Å². The zero-order valence-corrected chi connectivity index (χ0v) is 24.4. The van der Waals surface area contributed by atoms with E-state index in [9.17, 15) is 49.5 Å². The monoisotopic (exact) mass is 626 g/mol. The first-order valence-corrected chi connectivity index (χ1v) is 14.6. The number of phenolic OH excluding ortho intramolecular Hbond substituents is 1. The molecular formula is C34H30N2O10. The number of hydrogen-bond acceptors (Lipinski definition) is 10. The van der Waals surface area contributed by atoms with Gasteiger partial charge >= 0.3 is 0 Å². The van der Waals surface area contributed by atoms with Crippen molar-refractivity contribution >= 4 is 34.9 Å². The van der Waals surface area contributed by atoms with Crippen molar-refractivity contribution in [2.24, 2.45) is 23.5 Å². The van der Waals surface area contributed by atoms with E-state index in [0.29, 0.717) is 11.1 Å². The van der Waals surface area contributed by atoms with Gasteiger partial charge in [-0.15, -0.1) is 0 Å². The van der Waals surface area contributed by atoms with E-state index in [1.807, 2.05) is 0 Å². The molecule has 0 aliphatic heterocycles. The number of phenols is 1. The molecule has 3 aromatic carbocycles. The minimum Gasteiger partial charge on any atom is -0.508 e. The highest BCUT2D eigenvalue weighted by molar-refractivity contribution is 6.17. The molecule has 0 saturated heterocycles. The van der Waals surface area contributed by atoms with Gasteiger partial charge in [0.1, 0.15) is 11.7 Å². The third-order valence-electron chi connectivity index (χ3n) is 9.52. The van der Waals surface area contributed by atoms with Gasteiger partial charge in [0.2, 0.25) is 5.91 Å². The van der Waals surface area contributed by atoms with Crippen LogP contribution in [0.3, 0.4) is 0 Å². The van der Waals surface area contributed by atoms with Crippen LogP contribution >= 0.6 is 0 Å². The quantitative estimate of drug-likeness (QED) is 0.123. The van der Waals surface area contributed by atoms with Crippen LogP contribution < -0.4 is 11.1 Å². The minimum absolute atomic E-state index is 0.146. The van der Waals surface area contributed by atoms with Gasteiger partial charge in [0, 0.05) is 34.1 Å². The fourth-order valence-corrected chi connectivity index (χ4v) is 7.13. The number of benzene rings is 3. The molecule has 8 N–H and O–H groups in total. The molecule has 12 heteroatoms. The van der Waals surface area contributed by atoms with E-state index in [0.717, 1.165) is 0 Å². The number of Topliss-reactive ketones (excluding diaryl/α,β-unsaturated/α-hetero) is 2. The van der Waals surface area contributed by atoms with Crippen molar-refractivity contribution in [3.8, 4) is 5.75 Å². The molecule has 0 bridgehead atoms. The number of nitrogens with two attached hydrogens (primary N) is 1. The molecule has 3 aliphatic rings. The van der Waals surface area contributed by atoms with Crippen LogP contribution in [0, 0.1) is 17.8 Å². The standard InChI is InChI=1S/C34H30N2O10/c1-14-18-11-12-20(36-33(45)17-9-7-16(8-10-17)26(38)15-5-3-2-4-6-15)28(40)23(18)29(41)25-22(14)27(39)19-13-21(37)24(32(35)44)30(42)34(19,46)31(25)43/h2-12,14,19,21-22,24,27,37,39-40,43,46H,13H2,1H3,(H2,35,44)(H,36,45)/t14-,19+,21?,22+,24?,27+,34+/m0/s1. The zero-order valence-electron chi connectivity index (χ0n) is 24.4. The molecule has 6 rings (SSSR count). The number of carbonyl (C=O) groups excluding carboxylic acids is 5. The summed E-state index contributed by atoms with van der Waals surface area (Å²) in [7, 11) is 0. The van der Waals surface area contributed by atoms with Gasteiger partial charge in [-0.05, 0) is 36.1 Å². The summed E-state index contributed by atoms with van der Waals surface area (Å²) in [5.74, 6) is -11.5. The number of ketones is 3. The van der Waals surface area contributed by atoms with Gasteiger partial charge in [0.05, 0.1) is 23.5 Å². The van der Waals surface area contributed by atoms with Crippen LogP contribution in [0.25, 0.3) is 0 Å².